The lowest BCUT2D eigenvalue weighted by atomic mass is 10.0. The van der Waals surface area contributed by atoms with Gasteiger partial charge in [0.1, 0.15) is 5.82 Å². The highest BCUT2D eigenvalue weighted by Crippen LogP contribution is 2.21. The molecule has 1 atom stereocenters. The van der Waals surface area contributed by atoms with Crippen LogP contribution in [0.1, 0.15) is 11.5 Å². The predicted octanol–water partition coefficient (Wildman–Crippen LogP) is 2.95. The van der Waals surface area contributed by atoms with Crippen molar-refractivity contribution in [3.05, 3.63) is 35.6 Å². The van der Waals surface area contributed by atoms with E-state index in [1.54, 1.807) is 19.2 Å². The van der Waals surface area contributed by atoms with Crippen molar-refractivity contribution in [2.75, 3.05) is 19.0 Å². The summed E-state index contributed by atoms with van der Waals surface area (Å²) in [5, 5.41) is 0.710. The quantitative estimate of drug-likeness (QED) is 0.743. The molecule has 1 nitrogen and oxygen atoms in total. The fourth-order valence-corrected chi connectivity index (χ4v) is 1.76. The van der Waals surface area contributed by atoms with Crippen molar-refractivity contribution in [3.63, 3.8) is 0 Å². The van der Waals surface area contributed by atoms with E-state index in [2.05, 4.69) is 15.9 Å². The molecule has 0 bridgehead atoms. The standard InChI is InChI=1S/C10H12BrFO/c1-13-7-8(6-11)9-4-2-3-5-10(9)12/h2-5,8H,6-7H2,1H3. The molecule has 1 unspecified atom stereocenters. The van der Waals surface area contributed by atoms with Crippen LogP contribution in [-0.4, -0.2) is 19.0 Å². The lowest BCUT2D eigenvalue weighted by Gasteiger charge is -2.13. The molecule has 72 valence electrons. The maximum absolute atomic E-state index is 13.3. The Morgan fingerprint density at radius 2 is 2.15 bits per heavy atom. The van der Waals surface area contributed by atoms with E-state index in [1.165, 1.54) is 6.07 Å². The van der Waals surface area contributed by atoms with Crippen LogP contribution >= 0.6 is 15.9 Å². The molecule has 13 heavy (non-hydrogen) atoms. The average molecular weight is 247 g/mol. The van der Waals surface area contributed by atoms with Gasteiger partial charge >= 0.3 is 0 Å². The number of hydrogen-bond donors (Lipinski definition) is 0. The van der Waals surface area contributed by atoms with Gasteiger partial charge in [0.25, 0.3) is 0 Å². The normalized spacial score (nSPS) is 12.8. The highest BCUT2D eigenvalue weighted by atomic mass is 79.9. The highest BCUT2D eigenvalue weighted by Gasteiger charge is 2.13. The van der Waals surface area contributed by atoms with Gasteiger partial charge < -0.3 is 4.74 Å². The van der Waals surface area contributed by atoms with Crippen molar-refractivity contribution < 1.29 is 9.13 Å². The van der Waals surface area contributed by atoms with Crippen molar-refractivity contribution in [2.24, 2.45) is 0 Å². The first-order chi connectivity index (χ1) is 6.29. The Kier molecular flexibility index (Phi) is 4.39. The number of halogens is 2. The molecule has 0 saturated heterocycles. The maximum Gasteiger partial charge on any atom is 0.126 e. The van der Waals surface area contributed by atoms with E-state index in [4.69, 9.17) is 4.74 Å². The molecule has 0 aromatic heterocycles. The second kappa shape index (κ2) is 5.35. The molecule has 3 heteroatoms. The summed E-state index contributed by atoms with van der Waals surface area (Å²) in [6.07, 6.45) is 0. The Morgan fingerprint density at radius 3 is 2.69 bits per heavy atom. The van der Waals surface area contributed by atoms with Crippen LogP contribution in [0.2, 0.25) is 0 Å². The molecule has 1 aromatic rings. The first kappa shape index (κ1) is 10.7. The first-order valence-corrected chi connectivity index (χ1v) is 5.21. The molecule has 1 rings (SSSR count). The van der Waals surface area contributed by atoms with Gasteiger partial charge in [-0.3, -0.25) is 0 Å². The lowest BCUT2D eigenvalue weighted by Crippen LogP contribution is -2.09. The van der Waals surface area contributed by atoms with Crippen LogP contribution in [0.3, 0.4) is 0 Å². The SMILES string of the molecule is COCC(CBr)c1ccccc1F. The predicted molar refractivity (Wildman–Crippen MR) is 54.8 cm³/mol. The average Bonchev–Trinajstić information content (AvgIpc) is 2.16. The Bertz CT molecular complexity index is 265. The minimum Gasteiger partial charge on any atom is -0.384 e. The van der Waals surface area contributed by atoms with E-state index < -0.39 is 0 Å². The topological polar surface area (TPSA) is 9.23 Å². The fourth-order valence-electron chi connectivity index (χ4n) is 1.22. The zero-order chi connectivity index (χ0) is 9.68. The van der Waals surface area contributed by atoms with E-state index in [0.29, 0.717) is 17.5 Å². The Hall–Kier alpha value is -0.410. The van der Waals surface area contributed by atoms with Gasteiger partial charge in [0.2, 0.25) is 0 Å². The summed E-state index contributed by atoms with van der Waals surface area (Å²) in [5.74, 6) is -0.0739. The molecule has 0 radical (unpaired) electrons. The van der Waals surface area contributed by atoms with Crippen molar-refractivity contribution in [1.29, 1.82) is 0 Å². The summed E-state index contributed by atoms with van der Waals surface area (Å²) >= 11 is 3.34. The van der Waals surface area contributed by atoms with Crippen LogP contribution in [0.25, 0.3) is 0 Å². The lowest BCUT2D eigenvalue weighted by molar-refractivity contribution is 0.184. The van der Waals surface area contributed by atoms with Crippen molar-refractivity contribution >= 4 is 15.9 Å². The van der Waals surface area contributed by atoms with Gasteiger partial charge in [-0.25, -0.2) is 4.39 Å². The third-order valence-corrected chi connectivity index (χ3v) is 2.68. The van der Waals surface area contributed by atoms with Crippen LogP contribution < -0.4 is 0 Å². The summed E-state index contributed by atoms with van der Waals surface area (Å²) in [7, 11) is 1.62. The molecule has 0 aliphatic heterocycles. The maximum atomic E-state index is 13.3. The number of alkyl halides is 1. The second-order valence-electron chi connectivity index (χ2n) is 2.83. The van der Waals surface area contributed by atoms with Gasteiger partial charge in [0.15, 0.2) is 0 Å². The van der Waals surface area contributed by atoms with Gasteiger partial charge in [-0.1, -0.05) is 34.1 Å². The van der Waals surface area contributed by atoms with Crippen LogP contribution in [0.5, 0.6) is 0 Å². The molecule has 0 heterocycles. The third kappa shape index (κ3) is 2.78. The van der Waals surface area contributed by atoms with Crippen molar-refractivity contribution in [2.45, 2.75) is 5.92 Å². The molecule has 0 spiro atoms. The second-order valence-corrected chi connectivity index (χ2v) is 3.48. The van der Waals surface area contributed by atoms with E-state index in [0.717, 1.165) is 0 Å². The van der Waals surface area contributed by atoms with Crippen LogP contribution in [0.4, 0.5) is 4.39 Å². The molecule has 0 fully saturated rings. The number of methoxy groups -OCH3 is 1. The van der Waals surface area contributed by atoms with Crippen LogP contribution in [0.15, 0.2) is 24.3 Å². The molecular formula is C10H12BrFO. The van der Waals surface area contributed by atoms with Crippen molar-refractivity contribution in [3.8, 4) is 0 Å². The summed E-state index contributed by atoms with van der Waals surface area (Å²) in [4.78, 5) is 0. The van der Waals surface area contributed by atoms with Crippen LogP contribution in [-0.2, 0) is 4.74 Å². The molecule has 0 aliphatic rings. The van der Waals surface area contributed by atoms with Crippen molar-refractivity contribution in [1.82, 2.24) is 0 Å². The Balaban J connectivity index is 2.84. The third-order valence-electron chi connectivity index (χ3n) is 1.90. The monoisotopic (exact) mass is 246 g/mol. The molecule has 0 N–H and O–H groups in total. The summed E-state index contributed by atoms with van der Waals surface area (Å²) in [5.41, 5.74) is 0.709. The summed E-state index contributed by atoms with van der Waals surface area (Å²) < 4.78 is 18.3. The first-order valence-electron chi connectivity index (χ1n) is 4.09. The number of hydrogen-bond acceptors (Lipinski definition) is 1. The minimum absolute atomic E-state index is 0.0891. The molecule has 0 amide bonds. The minimum atomic E-state index is -0.163. The van der Waals surface area contributed by atoms with E-state index in [1.807, 2.05) is 6.07 Å². The van der Waals surface area contributed by atoms with E-state index in [-0.39, 0.29) is 11.7 Å². The Morgan fingerprint density at radius 1 is 1.46 bits per heavy atom. The summed E-state index contributed by atoms with van der Waals surface area (Å²) in [6.45, 7) is 0.534. The van der Waals surface area contributed by atoms with Gasteiger partial charge in [0, 0.05) is 18.4 Å². The van der Waals surface area contributed by atoms with Gasteiger partial charge in [-0.2, -0.15) is 0 Å². The smallest absolute Gasteiger partial charge is 0.126 e. The van der Waals surface area contributed by atoms with E-state index in [9.17, 15) is 4.39 Å². The molecule has 1 aromatic carbocycles. The largest absolute Gasteiger partial charge is 0.384 e. The number of benzene rings is 1. The number of ether oxygens (including phenoxy) is 1. The summed E-state index contributed by atoms with van der Waals surface area (Å²) in [6, 6.07) is 6.79. The zero-order valence-corrected chi connectivity index (χ0v) is 9.05. The fraction of sp³-hybridized carbons (Fsp3) is 0.400. The molecular weight excluding hydrogens is 235 g/mol. The zero-order valence-electron chi connectivity index (χ0n) is 7.47. The Labute approximate surface area is 86.0 Å². The van der Waals surface area contributed by atoms with Gasteiger partial charge in [-0.15, -0.1) is 0 Å². The van der Waals surface area contributed by atoms with Gasteiger partial charge in [-0.05, 0) is 11.6 Å². The van der Waals surface area contributed by atoms with E-state index >= 15 is 0 Å². The molecule has 0 saturated carbocycles. The van der Waals surface area contributed by atoms with Crippen LogP contribution in [0, 0.1) is 5.82 Å². The molecule has 0 aliphatic carbocycles. The highest BCUT2D eigenvalue weighted by molar-refractivity contribution is 9.09. The number of rotatable bonds is 4. The van der Waals surface area contributed by atoms with Gasteiger partial charge in [0.05, 0.1) is 6.61 Å².